The van der Waals surface area contributed by atoms with E-state index in [1.165, 1.54) is 13.8 Å². The molecule has 0 bridgehead atoms. The molecule has 47 heavy (non-hydrogen) atoms. The number of methoxy groups -OCH3 is 2. The summed E-state index contributed by atoms with van der Waals surface area (Å²) in [4.78, 5) is 37.2. The first-order valence-corrected chi connectivity index (χ1v) is 15.2. The molecule has 0 spiro atoms. The van der Waals surface area contributed by atoms with E-state index >= 15 is 0 Å². The van der Waals surface area contributed by atoms with Gasteiger partial charge in [0.15, 0.2) is 0 Å². The number of carboxylic acid groups (broad SMARTS) is 1. The minimum absolute atomic E-state index is 0.0564. The summed E-state index contributed by atoms with van der Waals surface area (Å²) in [6.45, 7) is 3.89. The van der Waals surface area contributed by atoms with Crippen molar-refractivity contribution in [2.45, 2.75) is 68.7 Å². The molecule has 0 aromatic rings. The van der Waals surface area contributed by atoms with Crippen LogP contribution in [0.15, 0.2) is 0 Å². The molecule has 0 aromatic carbocycles. The molecule has 19 heteroatoms. The predicted molar refractivity (Wildman–Crippen MR) is 158 cm³/mol. The van der Waals surface area contributed by atoms with Gasteiger partial charge in [-0.15, -0.1) is 0 Å². The Morgan fingerprint density at radius 1 is 0.915 bits per heavy atom. The number of hydrogen-bond acceptors (Lipinski definition) is 16. The Kier molecular flexibility index (Phi) is 21.8. The Labute approximate surface area is 273 Å². The van der Waals surface area contributed by atoms with E-state index in [4.69, 9.17) is 42.6 Å². The number of nitrogens with one attached hydrogen (secondary N) is 2. The molecular weight excluding hydrogens is 636 g/mol. The SMILES string of the molecule is COCCOCCOCC(COC(=O)NCC(=O)N[C@H]1C([C@H](O)[C@H](O)CO)OC(OC(C)C)(C(=O)O)C[C@H]1O)OCCOCCOC. The average Bonchev–Trinajstić information content (AvgIpc) is 3.03. The second-order valence-corrected chi connectivity index (χ2v) is 10.6. The molecule has 3 unspecified atom stereocenters. The average molecular weight is 689 g/mol. The second-order valence-electron chi connectivity index (χ2n) is 10.6. The summed E-state index contributed by atoms with van der Waals surface area (Å²) in [7, 11) is 3.11. The quantitative estimate of drug-likeness (QED) is 0.0447. The lowest BCUT2D eigenvalue weighted by Gasteiger charge is -2.47. The predicted octanol–water partition coefficient (Wildman–Crippen LogP) is -3.00. The van der Waals surface area contributed by atoms with E-state index in [-0.39, 0.29) is 33.0 Å². The Hall–Kier alpha value is -2.27. The van der Waals surface area contributed by atoms with Crippen LogP contribution in [0.4, 0.5) is 4.79 Å². The molecule has 1 rings (SSSR count). The number of rotatable bonds is 26. The Balaban J connectivity index is 2.72. The summed E-state index contributed by atoms with van der Waals surface area (Å²) in [5, 5.41) is 55.2. The van der Waals surface area contributed by atoms with Gasteiger partial charge in [-0.2, -0.15) is 0 Å². The minimum Gasteiger partial charge on any atom is -0.477 e. The number of carbonyl (C=O) groups excluding carboxylic acids is 2. The molecule has 1 fully saturated rings. The second kappa shape index (κ2) is 24.0. The van der Waals surface area contributed by atoms with Crippen molar-refractivity contribution in [1.82, 2.24) is 10.6 Å². The number of aliphatic hydroxyl groups is 4. The standard InChI is InChI=1S/C28H52N2O17/c1-18(2)46-28(26(36)37)13-20(32)23(25(47-28)24(35)21(33)15-31)30-22(34)14-29-27(38)45-17-19(44-12-11-42-8-6-40-4)16-43-10-9-41-7-5-39-3/h18-21,23-25,31-33,35H,5-17H2,1-4H3,(H,29,38)(H,30,34)(H,36,37)/t19?,20-,21-,23-,24-,25?,28?/m1/s1. The van der Waals surface area contributed by atoms with Crippen LogP contribution in [-0.2, 0) is 52.2 Å². The number of carbonyl (C=O) groups is 3. The van der Waals surface area contributed by atoms with E-state index in [0.29, 0.717) is 33.0 Å². The third kappa shape index (κ3) is 16.6. The summed E-state index contributed by atoms with van der Waals surface area (Å²) in [5.74, 6) is -4.92. The molecule has 19 nitrogen and oxygen atoms in total. The molecule has 1 saturated heterocycles. The van der Waals surface area contributed by atoms with E-state index in [1.54, 1.807) is 14.2 Å². The van der Waals surface area contributed by atoms with Gasteiger partial charge < -0.3 is 78.8 Å². The van der Waals surface area contributed by atoms with Gasteiger partial charge in [0.2, 0.25) is 5.91 Å². The molecule has 1 aliphatic rings. The van der Waals surface area contributed by atoms with Crippen LogP contribution < -0.4 is 10.6 Å². The topological polar surface area (TPSA) is 259 Å². The smallest absolute Gasteiger partial charge is 0.407 e. The van der Waals surface area contributed by atoms with E-state index in [0.717, 1.165) is 0 Å². The van der Waals surface area contributed by atoms with E-state index in [9.17, 15) is 39.9 Å². The van der Waals surface area contributed by atoms with Gasteiger partial charge in [0.1, 0.15) is 37.6 Å². The van der Waals surface area contributed by atoms with Gasteiger partial charge in [0, 0.05) is 20.6 Å². The first-order chi connectivity index (χ1) is 22.4. The minimum atomic E-state index is -2.42. The molecule has 1 aliphatic heterocycles. The fraction of sp³-hybridized carbons (Fsp3) is 0.893. The molecule has 7 atom stereocenters. The Morgan fingerprint density at radius 2 is 1.51 bits per heavy atom. The fourth-order valence-corrected chi connectivity index (χ4v) is 4.24. The lowest BCUT2D eigenvalue weighted by Crippen LogP contribution is -2.68. The first kappa shape index (κ1) is 42.8. The highest BCUT2D eigenvalue weighted by Crippen LogP contribution is 2.34. The lowest BCUT2D eigenvalue weighted by molar-refractivity contribution is -0.319. The Morgan fingerprint density at radius 3 is 2.09 bits per heavy atom. The van der Waals surface area contributed by atoms with Gasteiger partial charge >= 0.3 is 12.1 Å². The number of alkyl carbamates (subject to hydrolysis) is 1. The number of amides is 2. The van der Waals surface area contributed by atoms with Crippen LogP contribution in [0.25, 0.3) is 0 Å². The van der Waals surface area contributed by atoms with Gasteiger partial charge in [-0.1, -0.05) is 0 Å². The van der Waals surface area contributed by atoms with Crippen LogP contribution in [0.5, 0.6) is 0 Å². The number of hydrogen-bond donors (Lipinski definition) is 7. The van der Waals surface area contributed by atoms with E-state index in [2.05, 4.69) is 10.6 Å². The zero-order valence-corrected chi connectivity index (χ0v) is 27.4. The summed E-state index contributed by atoms with van der Waals surface area (Å²) in [6, 6.07) is -1.47. The van der Waals surface area contributed by atoms with Crippen LogP contribution in [0.1, 0.15) is 20.3 Å². The molecule has 0 aliphatic carbocycles. The third-order valence-corrected chi connectivity index (χ3v) is 6.48. The highest BCUT2D eigenvalue weighted by Gasteiger charge is 2.56. The van der Waals surface area contributed by atoms with Crippen molar-refractivity contribution in [1.29, 1.82) is 0 Å². The van der Waals surface area contributed by atoms with Crippen molar-refractivity contribution in [2.24, 2.45) is 0 Å². The van der Waals surface area contributed by atoms with E-state index < -0.39 is 86.0 Å². The highest BCUT2D eigenvalue weighted by molar-refractivity contribution is 5.82. The zero-order chi connectivity index (χ0) is 35.2. The molecule has 0 saturated carbocycles. The van der Waals surface area contributed by atoms with Crippen LogP contribution in [0.3, 0.4) is 0 Å². The molecule has 1 heterocycles. The molecule has 276 valence electrons. The molecular formula is C28H52N2O17. The summed E-state index contributed by atoms with van der Waals surface area (Å²) in [6.07, 6.45) is -10.2. The molecule has 7 N–H and O–H groups in total. The van der Waals surface area contributed by atoms with Gasteiger partial charge in [0.25, 0.3) is 5.79 Å². The largest absolute Gasteiger partial charge is 0.477 e. The maximum atomic E-state index is 12.7. The summed E-state index contributed by atoms with van der Waals surface area (Å²) >= 11 is 0. The van der Waals surface area contributed by atoms with Gasteiger partial charge in [-0.25, -0.2) is 9.59 Å². The van der Waals surface area contributed by atoms with Crippen LogP contribution in [-0.4, -0.2) is 185 Å². The van der Waals surface area contributed by atoms with Crippen molar-refractivity contribution in [3.8, 4) is 0 Å². The maximum Gasteiger partial charge on any atom is 0.407 e. The number of aliphatic hydroxyl groups excluding tert-OH is 4. The van der Waals surface area contributed by atoms with Gasteiger partial charge in [-0.05, 0) is 13.8 Å². The van der Waals surface area contributed by atoms with E-state index in [1.807, 2.05) is 0 Å². The van der Waals surface area contributed by atoms with Crippen LogP contribution in [0.2, 0.25) is 0 Å². The zero-order valence-electron chi connectivity index (χ0n) is 27.4. The molecule has 0 radical (unpaired) electrons. The molecule has 0 aromatic heterocycles. The third-order valence-electron chi connectivity index (χ3n) is 6.48. The van der Waals surface area contributed by atoms with Crippen molar-refractivity contribution in [3.63, 3.8) is 0 Å². The molecule has 2 amide bonds. The van der Waals surface area contributed by atoms with Crippen molar-refractivity contribution in [3.05, 3.63) is 0 Å². The number of ether oxygens (including phenoxy) is 9. The van der Waals surface area contributed by atoms with Crippen LogP contribution in [0, 0.1) is 0 Å². The summed E-state index contributed by atoms with van der Waals surface area (Å²) in [5.41, 5.74) is 0. The number of carboxylic acids is 1. The maximum absolute atomic E-state index is 12.7. The van der Waals surface area contributed by atoms with Crippen LogP contribution >= 0.6 is 0 Å². The van der Waals surface area contributed by atoms with Gasteiger partial charge in [-0.3, -0.25) is 4.79 Å². The fourth-order valence-electron chi connectivity index (χ4n) is 4.24. The van der Waals surface area contributed by atoms with Gasteiger partial charge in [0.05, 0.1) is 84.3 Å². The Bertz CT molecular complexity index is 884. The number of aliphatic carboxylic acids is 1. The van der Waals surface area contributed by atoms with Crippen molar-refractivity contribution in [2.75, 3.05) is 93.4 Å². The highest BCUT2D eigenvalue weighted by atomic mass is 16.7. The summed E-state index contributed by atoms with van der Waals surface area (Å²) < 4.78 is 47.8. The first-order valence-electron chi connectivity index (χ1n) is 15.2. The lowest BCUT2D eigenvalue weighted by atomic mass is 9.88. The van der Waals surface area contributed by atoms with Crippen molar-refractivity contribution < 1.29 is 82.5 Å². The van der Waals surface area contributed by atoms with Crippen molar-refractivity contribution >= 4 is 18.0 Å². The normalized spacial score (nSPS) is 23.2. The monoisotopic (exact) mass is 688 g/mol.